The molecule has 2 aromatic rings. The Kier molecular flexibility index (Phi) is 3.64. The molecule has 0 unspecified atom stereocenters. The zero-order chi connectivity index (χ0) is 12.3. The van der Waals surface area contributed by atoms with Gasteiger partial charge in [0.05, 0.1) is 0 Å². The van der Waals surface area contributed by atoms with E-state index in [1.54, 1.807) is 6.07 Å². The monoisotopic (exact) mass is 247 g/mol. The van der Waals surface area contributed by atoms with Crippen molar-refractivity contribution in [3.63, 3.8) is 0 Å². The Labute approximate surface area is 105 Å². The van der Waals surface area contributed by atoms with E-state index >= 15 is 0 Å². The van der Waals surface area contributed by atoms with E-state index in [1.807, 2.05) is 37.3 Å². The molecular formula is C14H14ClNO. The maximum atomic E-state index is 11.8. The van der Waals surface area contributed by atoms with Gasteiger partial charge in [-0.05, 0) is 31.0 Å². The van der Waals surface area contributed by atoms with Crippen LogP contribution in [0.3, 0.4) is 0 Å². The molecule has 0 saturated carbocycles. The highest BCUT2D eigenvalue weighted by molar-refractivity contribution is 6.17. The van der Waals surface area contributed by atoms with Crippen molar-refractivity contribution in [3.8, 4) is 0 Å². The van der Waals surface area contributed by atoms with Gasteiger partial charge < -0.3 is 4.98 Å². The van der Waals surface area contributed by atoms with E-state index in [4.69, 9.17) is 11.6 Å². The Bertz CT molecular complexity index is 613. The number of pyridine rings is 1. The molecule has 0 spiro atoms. The third-order valence-corrected chi connectivity index (χ3v) is 2.79. The lowest BCUT2D eigenvalue weighted by molar-refractivity contribution is 1.24. The second-order valence-electron chi connectivity index (χ2n) is 4.00. The molecule has 17 heavy (non-hydrogen) atoms. The number of halogens is 1. The third-order valence-electron chi connectivity index (χ3n) is 2.57. The number of alkyl halides is 1. The predicted octanol–water partition coefficient (Wildman–Crippen LogP) is 3.48. The fraction of sp³-hybridized carbons (Fsp3) is 0.214. The van der Waals surface area contributed by atoms with Gasteiger partial charge in [-0.25, -0.2) is 0 Å². The number of hydrogen-bond acceptors (Lipinski definition) is 1. The molecule has 1 aromatic carbocycles. The average Bonchev–Trinajstić information content (AvgIpc) is 2.30. The molecule has 0 amide bonds. The minimum atomic E-state index is 0.0591. The average molecular weight is 248 g/mol. The molecule has 2 rings (SSSR count). The van der Waals surface area contributed by atoms with Gasteiger partial charge >= 0.3 is 0 Å². The number of nitrogens with one attached hydrogen (secondary N) is 1. The van der Waals surface area contributed by atoms with Crippen molar-refractivity contribution >= 4 is 28.6 Å². The molecule has 2 nitrogen and oxygen atoms in total. The fourth-order valence-electron chi connectivity index (χ4n) is 1.78. The number of H-pyrrole nitrogens is 1. The first-order valence-corrected chi connectivity index (χ1v) is 6.10. The van der Waals surface area contributed by atoms with Gasteiger partial charge in [0.2, 0.25) is 0 Å². The van der Waals surface area contributed by atoms with E-state index in [-0.39, 0.29) is 5.43 Å². The van der Waals surface area contributed by atoms with Crippen molar-refractivity contribution in [2.24, 2.45) is 0 Å². The van der Waals surface area contributed by atoms with E-state index in [9.17, 15) is 4.79 Å². The molecule has 0 aliphatic carbocycles. The second kappa shape index (κ2) is 5.19. The van der Waals surface area contributed by atoms with Gasteiger partial charge in [0, 0.05) is 28.5 Å². The van der Waals surface area contributed by atoms with Crippen LogP contribution >= 0.6 is 11.6 Å². The van der Waals surface area contributed by atoms with Gasteiger partial charge in [-0.2, -0.15) is 0 Å². The Morgan fingerprint density at radius 1 is 1.35 bits per heavy atom. The molecule has 1 N–H and O–H groups in total. The lowest BCUT2D eigenvalue weighted by atomic mass is 10.1. The van der Waals surface area contributed by atoms with E-state index in [0.717, 1.165) is 28.6 Å². The highest BCUT2D eigenvalue weighted by Gasteiger charge is 2.00. The second-order valence-corrected chi connectivity index (χ2v) is 4.38. The zero-order valence-corrected chi connectivity index (χ0v) is 10.4. The van der Waals surface area contributed by atoms with Gasteiger partial charge in [-0.1, -0.05) is 18.2 Å². The van der Waals surface area contributed by atoms with Crippen molar-refractivity contribution in [2.45, 2.75) is 13.3 Å². The summed E-state index contributed by atoms with van der Waals surface area (Å²) in [6.07, 6.45) is 4.83. The first-order valence-electron chi connectivity index (χ1n) is 5.57. The van der Waals surface area contributed by atoms with Gasteiger partial charge in [0.25, 0.3) is 0 Å². The van der Waals surface area contributed by atoms with Crippen molar-refractivity contribution in [3.05, 3.63) is 51.8 Å². The van der Waals surface area contributed by atoms with Crippen LogP contribution in [-0.4, -0.2) is 10.9 Å². The molecule has 0 atom stereocenters. The van der Waals surface area contributed by atoms with Crippen LogP contribution in [0.5, 0.6) is 0 Å². The number of aromatic nitrogens is 1. The smallest absolute Gasteiger partial charge is 0.189 e. The van der Waals surface area contributed by atoms with E-state index < -0.39 is 0 Å². The van der Waals surface area contributed by atoms with Crippen LogP contribution in [0.4, 0.5) is 0 Å². The number of aromatic amines is 1. The summed E-state index contributed by atoms with van der Waals surface area (Å²) in [6, 6.07) is 7.44. The molecule has 0 radical (unpaired) electrons. The van der Waals surface area contributed by atoms with Crippen molar-refractivity contribution < 1.29 is 0 Å². The summed E-state index contributed by atoms with van der Waals surface area (Å²) in [5, 5.41) is 0.726. The molecule has 0 saturated heterocycles. The fourth-order valence-corrected chi connectivity index (χ4v) is 1.91. The molecule has 0 aliphatic heterocycles. The Morgan fingerprint density at radius 3 is 2.94 bits per heavy atom. The summed E-state index contributed by atoms with van der Waals surface area (Å²) in [7, 11) is 0. The van der Waals surface area contributed by atoms with E-state index in [0.29, 0.717) is 5.88 Å². The van der Waals surface area contributed by atoms with Crippen molar-refractivity contribution in [1.82, 2.24) is 4.98 Å². The molecule has 0 aliphatic rings. The lowest BCUT2D eigenvalue weighted by Gasteiger charge is -2.01. The van der Waals surface area contributed by atoms with E-state index in [2.05, 4.69) is 4.98 Å². The van der Waals surface area contributed by atoms with Crippen molar-refractivity contribution in [1.29, 1.82) is 0 Å². The Hall–Kier alpha value is -1.54. The molecular weight excluding hydrogens is 234 g/mol. The summed E-state index contributed by atoms with van der Waals surface area (Å²) in [6.45, 7) is 1.88. The highest BCUT2D eigenvalue weighted by atomic mass is 35.5. The van der Waals surface area contributed by atoms with Crippen molar-refractivity contribution in [2.75, 3.05) is 5.88 Å². The summed E-state index contributed by atoms with van der Waals surface area (Å²) < 4.78 is 0. The van der Waals surface area contributed by atoms with Gasteiger partial charge in [0.1, 0.15) is 0 Å². The molecule has 1 aromatic heterocycles. The van der Waals surface area contributed by atoms with Crippen LogP contribution in [0.15, 0.2) is 35.1 Å². The third kappa shape index (κ3) is 2.77. The number of benzene rings is 1. The maximum Gasteiger partial charge on any atom is 0.189 e. The summed E-state index contributed by atoms with van der Waals surface area (Å²) in [5.41, 5.74) is 2.85. The van der Waals surface area contributed by atoms with Crippen LogP contribution in [0, 0.1) is 6.92 Å². The molecule has 0 bridgehead atoms. The van der Waals surface area contributed by atoms with E-state index in [1.165, 1.54) is 0 Å². The molecule has 3 heteroatoms. The molecule has 88 valence electrons. The van der Waals surface area contributed by atoms with Crippen LogP contribution < -0.4 is 5.43 Å². The number of aryl methyl sites for hydroxylation is 1. The lowest BCUT2D eigenvalue weighted by Crippen LogP contribution is -2.02. The Morgan fingerprint density at radius 2 is 2.18 bits per heavy atom. The zero-order valence-electron chi connectivity index (χ0n) is 9.66. The van der Waals surface area contributed by atoms with Gasteiger partial charge in [-0.15, -0.1) is 11.6 Å². The summed E-state index contributed by atoms with van der Waals surface area (Å²) in [5.74, 6) is 0.615. The number of rotatable bonds is 3. The molecule has 1 heterocycles. The number of fused-ring (bicyclic) bond motifs is 1. The maximum absolute atomic E-state index is 11.8. The van der Waals surface area contributed by atoms with Crippen LogP contribution in [0.25, 0.3) is 17.0 Å². The Balaban J connectivity index is 2.47. The van der Waals surface area contributed by atoms with Crippen LogP contribution in [0.1, 0.15) is 17.7 Å². The summed E-state index contributed by atoms with van der Waals surface area (Å²) in [4.78, 5) is 15.0. The van der Waals surface area contributed by atoms with Crippen LogP contribution in [0.2, 0.25) is 0 Å². The van der Waals surface area contributed by atoms with Gasteiger partial charge in [-0.3, -0.25) is 4.79 Å². The topological polar surface area (TPSA) is 32.9 Å². The first-order chi connectivity index (χ1) is 8.20. The minimum Gasteiger partial charge on any atom is -0.358 e. The summed E-state index contributed by atoms with van der Waals surface area (Å²) >= 11 is 5.60. The normalized spacial score (nSPS) is 11.4. The van der Waals surface area contributed by atoms with Gasteiger partial charge in [0.15, 0.2) is 5.43 Å². The van der Waals surface area contributed by atoms with Crippen LogP contribution in [-0.2, 0) is 0 Å². The number of allylic oxidation sites excluding steroid dienone is 1. The highest BCUT2D eigenvalue weighted by Crippen LogP contribution is 2.12. The number of hydrogen-bond donors (Lipinski definition) is 1. The predicted molar refractivity (Wildman–Crippen MR) is 73.7 cm³/mol. The quantitative estimate of drug-likeness (QED) is 0.828. The first kappa shape index (κ1) is 11.9. The standard InChI is InChI=1S/C14H14ClNO/c1-10-8-14(17)12-9-11(4-2-3-7-15)5-6-13(12)16-10/h2,4-6,8-9H,3,7H2,1H3,(H,16,17). The largest absolute Gasteiger partial charge is 0.358 e. The SMILES string of the molecule is Cc1cc(=O)c2cc(C=CCCCl)ccc2[nH]1. The minimum absolute atomic E-state index is 0.0591. The molecule has 0 fully saturated rings.